The molecule has 4 N–H and O–H groups in total. The van der Waals surface area contributed by atoms with Gasteiger partial charge in [-0.3, -0.25) is 4.79 Å². The molecule has 0 saturated heterocycles. The Morgan fingerprint density at radius 2 is 1.50 bits per heavy atom. The number of amides is 2. The fourth-order valence-corrected chi connectivity index (χ4v) is 2.46. The van der Waals surface area contributed by atoms with Crippen LogP contribution in [0.4, 0.5) is 4.79 Å². The summed E-state index contributed by atoms with van der Waals surface area (Å²) in [6.07, 6.45) is 2.98. The molecule has 1 atom stereocenters. The van der Waals surface area contributed by atoms with Crippen molar-refractivity contribution in [3.63, 3.8) is 0 Å². The zero-order valence-electron chi connectivity index (χ0n) is 14.4. The predicted molar refractivity (Wildman–Crippen MR) is 86.4 cm³/mol. The van der Waals surface area contributed by atoms with E-state index in [0.717, 1.165) is 25.7 Å². The molecule has 6 heteroatoms. The highest BCUT2D eigenvalue weighted by Crippen LogP contribution is 2.19. The molecule has 0 aromatic carbocycles. The van der Waals surface area contributed by atoms with Crippen molar-refractivity contribution in [3.05, 3.63) is 0 Å². The summed E-state index contributed by atoms with van der Waals surface area (Å²) in [6.45, 7) is 9.41. The Labute approximate surface area is 133 Å². The molecule has 1 aliphatic carbocycles. The number of rotatable bonds is 4. The number of hydrogen-bond donors (Lipinski definition) is 3. The van der Waals surface area contributed by atoms with Crippen molar-refractivity contribution in [3.8, 4) is 0 Å². The maximum absolute atomic E-state index is 11.9. The molecule has 0 aromatic heterocycles. The third-order valence-electron chi connectivity index (χ3n) is 3.82. The number of nitrogens with two attached hydrogens (primary N) is 1. The van der Waals surface area contributed by atoms with Gasteiger partial charge in [-0.05, 0) is 52.4 Å². The quantitative estimate of drug-likeness (QED) is 0.739. The van der Waals surface area contributed by atoms with Crippen LogP contribution in [0.3, 0.4) is 0 Å². The summed E-state index contributed by atoms with van der Waals surface area (Å²) in [5, 5.41) is 5.90. The van der Waals surface area contributed by atoms with Crippen molar-refractivity contribution in [1.82, 2.24) is 10.6 Å². The van der Waals surface area contributed by atoms with Crippen molar-refractivity contribution in [2.24, 2.45) is 11.7 Å². The van der Waals surface area contributed by atoms with Crippen LogP contribution in [-0.4, -0.2) is 35.7 Å². The minimum Gasteiger partial charge on any atom is -0.444 e. The van der Waals surface area contributed by atoms with Crippen LogP contribution in [0, 0.1) is 5.92 Å². The van der Waals surface area contributed by atoms with E-state index in [9.17, 15) is 9.59 Å². The maximum atomic E-state index is 11.9. The Kier molecular flexibility index (Phi) is 6.66. The van der Waals surface area contributed by atoms with Crippen LogP contribution in [0.2, 0.25) is 0 Å². The standard InChI is InChI=1S/C16H31N3O3/c1-10(2)13(17)14(20)18-11-6-8-12(9-7-11)19-15(21)22-16(3,4)5/h10-13H,6-9,17H2,1-5H3,(H,18,20)(H,19,21)/t11?,12?,13-/m0/s1. The lowest BCUT2D eigenvalue weighted by Gasteiger charge is -2.31. The first kappa shape index (κ1) is 18.7. The number of carbonyl (C=O) groups is 2. The lowest BCUT2D eigenvalue weighted by atomic mass is 9.90. The second-order valence-electron chi connectivity index (χ2n) is 7.47. The number of hydrogen-bond acceptors (Lipinski definition) is 4. The Balaban J connectivity index is 2.32. The van der Waals surface area contributed by atoms with Gasteiger partial charge < -0.3 is 21.1 Å². The molecule has 128 valence electrons. The molecule has 1 fully saturated rings. The van der Waals surface area contributed by atoms with E-state index in [0.29, 0.717) is 0 Å². The summed E-state index contributed by atoms with van der Waals surface area (Å²) in [4.78, 5) is 23.7. The zero-order valence-corrected chi connectivity index (χ0v) is 14.4. The number of nitrogens with one attached hydrogen (secondary N) is 2. The third-order valence-corrected chi connectivity index (χ3v) is 3.82. The number of carbonyl (C=O) groups excluding carboxylic acids is 2. The molecule has 6 nitrogen and oxygen atoms in total. The Morgan fingerprint density at radius 3 is 1.91 bits per heavy atom. The van der Waals surface area contributed by atoms with Gasteiger partial charge in [-0.25, -0.2) is 4.79 Å². The second-order valence-corrected chi connectivity index (χ2v) is 7.47. The van der Waals surface area contributed by atoms with Crippen LogP contribution in [-0.2, 0) is 9.53 Å². The van der Waals surface area contributed by atoms with Gasteiger partial charge in [0.1, 0.15) is 5.60 Å². The van der Waals surface area contributed by atoms with Crippen LogP contribution < -0.4 is 16.4 Å². The predicted octanol–water partition coefficient (Wildman–Crippen LogP) is 1.92. The van der Waals surface area contributed by atoms with Crippen molar-refractivity contribution in [2.45, 2.75) is 84.0 Å². The lowest BCUT2D eigenvalue weighted by Crippen LogP contribution is -2.50. The minimum atomic E-state index is -0.484. The smallest absolute Gasteiger partial charge is 0.407 e. The van der Waals surface area contributed by atoms with Gasteiger partial charge in [-0.1, -0.05) is 13.8 Å². The highest BCUT2D eigenvalue weighted by Gasteiger charge is 2.27. The van der Waals surface area contributed by atoms with Gasteiger partial charge in [0.05, 0.1) is 6.04 Å². The van der Waals surface area contributed by atoms with Gasteiger partial charge >= 0.3 is 6.09 Å². The van der Waals surface area contributed by atoms with Crippen LogP contribution in [0.25, 0.3) is 0 Å². The van der Waals surface area contributed by atoms with E-state index in [1.54, 1.807) is 0 Å². The second kappa shape index (κ2) is 7.81. The van der Waals surface area contributed by atoms with Gasteiger partial charge in [0, 0.05) is 12.1 Å². The molecule has 1 aliphatic rings. The molecular weight excluding hydrogens is 282 g/mol. The molecule has 0 aromatic rings. The van der Waals surface area contributed by atoms with Gasteiger partial charge in [-0.15, -0.1) is 0 Å². The summed E-state index contributed by atoms with van der Waals surface area (Å²) < 4.78 is 5.25. The summed E-state index contributed by atoms with van der Waals surface area (Å²) in [6, 6.07) is -0.201. The van der Waals surface area contributed by atoms with Gasteiger partial charge in [0.2, 0.25) is 5.91 Å². The SMILES string of the molecule is CC(C)[C@H](N)C(=O)NC1CCC(NC(=O)OC(C)(C)C)CC1. The van der Waals surface area contributed by atoms with E-state index in [1.807, 2.05) is 34.6 Å². The molecular formula is C16H31N3O3. The van der Waals surface area contributed by atoms with E-state index >= 15 is 0 Å². The molecule has 1 saturated carbocycles. The molecule has 0 unspecified atom stereocenters. The first-order valence-electron chi connectivity index (χ1n) is 8.14. The summed E-state index contributed by atoms with van der Waals surface area (Å²) in [5.74, 6) is 0.0451. The average Bonchev–Trinajstić information content (AvgIpc) is 2.37. The normalized spacial score (nSPS) is 23.8. The van der Waals surface area contributed by atoms with E-state index in [4.69, 9.17) is 10.5 Å². The number of alkyl carbamates (subject to hydrolysis) is 1. The third kappa shape index (κ3) is 6.64. The Bertz CT molecular complexity index is 383. The topological polar surface area (TPSA) is 93.5 Å². The monoisotopic (exact) mass is 313 g/mol. The highest BCUT2D eigenvalue weighted by atomic mass is 16.6. The molecule has 0 heterocycles. The van der Waals surface area contributed by atoms with Crippen molar-refractivity contribution >= 4 is 12.0 Å². The minimum absolute atomic E-state index is 0.0847. The van der Waals surface area contributed by atoms with E-state index in [2.05, 4.69) is 10.6 Å². The van der Waals surface area contributed by atoms with Gasteiger partial charge in [0.15, 0.2) is 0 Å². The van der Waals surface area contributed by atoms with Crippen LogP contribution in [0.5, 0.6) is 0 Å². The Morgan fingerprint density at radius 1 is 1.05 bits per heavy atom. The molecule has 0 radical (unpaired) electrons. The van der Waals surface area contributed by atoms with Gasteiger partial charge in [0.25, 0.3) is 0 Å². The molecule has 0 bridgehead atoms. The highest BCUT2D eigenvalue weighted by molar-refractivity contribution is 5.82. The number of ether oxygens (including phenoxy) is 1. The first-order chi connectivity index (χ1) is 10.1. The van der Waals surface area contributed by atoms with Crippen molar-refractivity contribution in [1.29, 1.82) is 0 Å². The lowest BCUT2D eigenvalue weighted by molar-refractivity contribution is -0.124. The van der Waals surface area contributed by atoms with Crippen LogP contribution >= 0.6 is 0 Å². The van der Waals surface area contributed by atoms with E-state index in [1.165, 1.54) is 0 Å². The maximum Gasteiger partial charge on any atom is 0.407 e. The largest absolute Gasteiger partial charge is 0.444 e. The molecule has 2 amide bonds. The summed E-state index contributed by atoms with van der Waals surface area (Å²) >= 11 is 0. The van der Waals surface area contributed by atoms with Crippen LogP contribution in [0.15, 0.2) is 0 Å². The average molecular weight is 313 g/mol. The van der Waals surface area contributed by atoms with E-state index in [-0.39, 0.29) is 30.0 Å². The summed E-state index contributed by atoms with van der Waals surface area (Å²) in [5.41, 5.74) is 5.36. The fourth-order valence-electron chi connectivity index (χ4n) is 2.46. The fraction of sp³-hybridized carbons (Fsp3) is 0.875. The zero-order chi connectivity index (χ0) is 16.9. The Hall–Kier alpha value is -1.30. The first-order valence-corrected chi connectivity index (χ1v) is 8.14. The summed E-state index contributed by atoms with van der Waals surface area (Å²) in [7, 11) is 0. The molecule has 1 rings (SSSR count). The molecule has 22 heavy (non-hydrogen) atoms. The molecule has 0 spiro atoms. The van der Waals surface area contributed by atoms with E-state index < -0.39 is 11.6 Å². The molecule has 0 aliphatic heterocycles. The van der Waals surface area contributed by atoms with Crippen molar-refractivity contribution < 1.29 is 14.3 Å². The van der Waals surface area contributed by atoms with Crippen LogP contribution in [0.1, 0.15) is 60.3 Å². The van der Waals surface area contributed by atoms with Crippen molar-refractivity contribution in [2.75, 3.05) is 0 Å². The van der Waals surface area contributed by atoms with Gasteiger partial charge in [-0.2, -0.15) is 0 Å².